The predicted molar refractivity (Wildman–Crippen MR) is 91.3 cm³/mol. The van der Waals surface area contributed by atoms with Gasteiger partial charge in [-0.2, -0.15) is 5.10 Å². The van der Waals surface area contributed by atoms with Gasteiger partial charge in [-0.1, -0.05) is 38.9 Å². The van der Waals surface area contributed by atoms with Crippen molar-refractivity contribution in [1.29, 1.82) is 0 Å². The Bertz CT molecular complexity index is 447. The molecule has 1 aromatic heterocycles. The predicted octanol–water partition coefficient (Wildman–Crippen LogP) is 3.27. The van der Waals surface area contributed by atoms with Gasteiger partial charge in [-0.25, -0.2) is 0 Å². The first-order chi connectivity index (χ1) is 10.1. The van der Waals surface area contributed by atoms with Gasteiger partial charge in [0.15, 0.2) is 0 Å². The van der Waals surface area contributed by atoms with E-state index in [4.69, 9.17) is 23.1 Å². The Morgan fingerprint density at radius 2 is 2.10 bits per heavy atom. The van der Waals surface area contributed by atoms with Crippen molar-refractivity contribution in [2.45, 2.75) is 71.0 Å². The molecule has 0 aliphatic heterocycles. The van der Waals surface area contributed by atoms with Crippen molar-refractivity contribution in [3.8, 4) is 0 Å². The van der Waals surface area contributed by atoms with Gasteiger partial charge >= 0.3 is 0 Å². The van der Waals surface area contributed by atoms with Crippen molar-refractivity contribution in [3.63, 3.8) is 0 Å². The smallest absolute Gasteiger partial charge is 0.0870 e. The standard InChI is InChI=1S/C16H28N4S/c1-3-14(4-2)20-10-9-13(18-20)11-19(12-16(17)21)15-7-5-6-8-15/h9-10,14-15H,3-8,11-12H2,1-2H3,(H2,17,21). The first-order valence-corrected chi connectivity index (χ1v) is 8.61. The minimum atomic E-state index is 0.509. The maximum Gasteiger partial charge on any atom is 0.0870 e. The Labute approximate surface area is 133 Å². The quantitative estimate of drug-likeness (QED) is 0.749. The van der Waals surface area contributed by atoms with E-state index in [2.05, 4.69) is 35.7 Å². The summed E-state index contributed by atoms with van der Waals surface area (Å²) in [6, 6.07) is 3.26. The number of hydrogen-bond donors (Lipinski definition) is 1. The third kappa shape index (κ3) is 4.51. The van der Waals surface area contributed by atoms with Gasteiger partial charge in [-0.05, 0) is 31.7 Å². The summed E-state index contributed by atoms with van der Waals surface area (Å²) in [7, 11) is 0. The average molecular weight is 308 g/mol. The molecule has 1 aliphatic rings. The number of rotatable bonds is 8. The summed E-state index contributed by atoms with van der Waals surface area (Å²) >= 11 is 5.12. The van der Waals surface area contributed by atoms with E-state index in [1.807, 2.05) is 0 Å². The highest BCUT2D eigenvalue weighted by Gasteiger charge is 2.23. The molecule has 0 saturated heterocycles. The van der Waals surface area contributed by atoms with E-state index in [0.29, 0.717) is 23.6 Å². The van der Waals surface area contributed by atoms with Gasteiger partial charge < -0.3 is 5.73 Å². The van der Waals surface area contributed by atoms with Crippen LogP contribution in [-0.2, 0) is 6.54 Å². The molecule has 1 heterocycles. The molecule has 4 nitrogen and oxygen atoms in total. The lowest BCUT2D eigenvalue weighted by Crippen LogP contribution is -2.39. The van der Waals surface area contributed by atoms with Gasteiger partial charge in [0.05, 0.1) is 16.7 Å². The van der Waals surface area contributed by atoms with Gasteiger partial charge in [-0.3, -0.25) is 9.58 Å². The summed E-state index contributed by atoms with van der Waals surface area (Å²) in [5.74, 6) is 0. The van der Waals surface area contributed by atoms with E-state index < -0.39 is 0 Å². The van der Waals surface area contributed by atoms with Gasteiger partial charge in [-0.15, -0.1) is 0 Å². The fraction of sp³-hybridized carbons (Fsp3) is 0.750. The molecule has 0 aromatic carbocycles. The molecule has 0 unspecified atom stereocenters. The zero-order valence-corrected chi connectivity index (χ0v) is 14.1. The van der Waals surface area contributed by atoms with E-state index in [0.717, 1.165) is 25.1 Å². The molecular formula is C16H28N4S. The van der Waals surface area contributed by atoms with Gasteiger partial charge in [0.1, 0.15) is 0 Å². The minimum absolute atomic E-state index is 0.509. The van der Waals surface area contributed by atoms with Crippen molar-refractivity contribution >= 4 is 17.2 Å². The Morgan fingerprint density at radius 1 is 1.43 bits per heavy atom. The topological polar surface area (TPSA) is 47.1 Å². The lowest BCUT2D eigenvalue weighted by Gasteiger charge is -2.27. The monoisotopic (exact) mass is 308 g/mol. The summed E-state index contributed by atoms with van der Waals surface area (Å²) in [4.78, 5) is 3.00. The van der Waals surface area contributed by atoms with Crippen LogP contribution in [0.15, 0.2) is 12.3 Å². The molecule has 1 fully saturated rings. The van der Waals surface area contributed by atoms with E-state index in [1.165, 1.54) is 25.7 Å². The Balaban J connectivity index is 2.03. The molecule has 1 saturated carbocycles. The van der Waals surface area contributed by atoms with Crippen molar-refractivity contribution in [3.05, 3.63) is 18.0 Å². The maximum absolute atomic E-state index is 5.78. The Morgan fingerprint density at radius 3 is 2.67 bits per heavy atom. The van der Waals surface area contributed by atoms with E-state index in [9.17, 15) is 0 Å². The molecule has 0 spiro atoms. The number of aromatic nitrogens is 2. The molecule has 0 bridgehead atoms. The highest BCUT2D eigenvalue weighted by atomic mass is 32.1. The summed E-state index contributed by atoms with van der Waals surface area (Å²) in [6.07, 6.45) is 9.52. The second-order valence-electron chi connectivity index (χ2n) is 6.07. The van der Waals surface area contributed by atoms with Gasteiger partial charge in [0, 0.05) is 25.3 Å². The highest BCUT2D eigenvalue weighted by molar-refractivity contribution is 7.80. The largest absolute Gasteiger partial charge is 0.392 e. The van der Waals surface area contributed by atoms with Crippen LogP contribution in [0.5, 0.6) is 0 Å². The van der Waals surface area contributed by atoms with Crippen molar-refractivity contribution in [2.75, 3.05) is 6.54 Å². The third-order valence-corrected chi connectivity index (χ3v) is 4.67. The fourth-order valence-corrected chi connectivity index (χ4v) is 3.49. The molecule has 1 aromatic rings. The lowest BCUT2D eigenvalue weighted by atomic mass is 10.2. The van der Waals surface area contributed by atoms with Crippen LogP contribution in [0, 0.1) is 0 Å². The number of nitrogens with two attached hydrogens (primary N) is 1. The number of hydrogen-bond acceptors (Lipinski definition) is 3. The summed E-state index contributed by atoms with van der Waals surface area (Å²) in [5.41, 5.74) is 6.90. The Kier molecular flexibility index (Phi) is 6.18. The van der Waals surface area contributed by atoms with Crippen LogP contribution in [0.25, 0.3) is 0 Å². The van der Waals surface area contributed by atoms with Crippen LogP contribution < -0.4 is 5.73 Å². The zero-order chi connectivity index (χ0) is 15.2. The molecule has 5 heteroatoms. The van der Waals surface area contributed by atoms with Crippen molar-refractivity contribution < 1.29 is 0 Å². The van der Waals surface area contributed by atoms with Gasteiger partial charge in [0.25, 0.3) is 0 Å². The fourth-order valence-electron chi connectivity index (χ4n) is 3.32. The minimum Gasteiger partial charge on any atom is -0.392 e. The van der Waals surface area contributed by atoms with E-state index >= 15 is 0 Å². The summed E-state index contributed by atoms with van der Waals surface area (Å²) in [5, 5.41) is 4.76. The first kappa shape index (κ1) is 16.4. The van der Waals surface area contributed by atoms with Crippen LogP contribution in [0.2, 0.25) is 0 Å². The molecule has 1 aliphatic carbocycles. The van der Waals surface area contributed by atoms with Gasteiger partial charge in [0.2, 0.25) is 0 Å². The van der Waals surface area contributed by atoms with E-state index in [-0.39, 0.29) is 0 Å². The summed E-state index contributed by atoms with van der Waals surface area (Å²) < 4.78 is 2.11. The molecule has 0 amide bonds. The number of nitrogens with zero attached hydrogens (tertiary/aromatic N) is 3. The van der Waals surface area contributed by atoms with Crippen LogP contribution in [0.4, 0.5) is 0 Å². The highest BCUT2D eigenvalue weighted by Crippen LogP contribution is 2.25. The van der Waals surface area contributed by atoms with E-state index in [1.54, 1.807) is 0 Å². The SMILES string of the molecule is CCC(CC)n1ccc(CN(CC(N)=S)C2CCCC2)n1. The Hall–Kier alpha value is -0.940. The molecule has 118 valence electrons. The van der Waals surface area contributed by atoms with Crippen LogP contribution in [0.1, 0.15) is 64.1 Å². The zero-order valence-electron chi connectivity index (χ0n) is 13.3. The normalized spacial score (nSPS) is 16.2. The first-order valence-electron chi connectivity index (χ1n) is 8.20. The molecule has 0 atom stereocenters. The lowest BCUT2D eigenvalue weighted by molar-refractivity contribution is 0.215. The second kappa shape index (κ2) is 7.90. The number of thiocarbonyl (C=S) groups is 1. The van der Waals surface area contributed by atoms with Crippen LogP contribution in [0.3, 0.4) is 0 Å². The molecule has 21 heavy (non-hydrogen) atoms. The maximum atomic E-state index is 5.78. The van der Waals surface area contributed by atoms with Crippen molar-refractivity contribution in [2.24, 2.45) is 5.73 Å². The molecule has 2 rings (SSSR count). The van der Waals surface area contributed by atoms with Crippen molar-refractivity contribution in [1.82, 2.24) is 14.7 Å². The third-order valence-electron chi connectivity index (χ3n) is 4.55. The van der Waals surface area contributed by atoms with Crippen LogP contribution >= 0.6 is 12.2 Å². The average Bonchev–Trinajstić information content (AvgIpc) is 3.10. The van der Waals surface area contributed by atoms with Crippen LogP contribution in [-0.4, -0.2) is 32.3 Å². The summed E-state index contributed by atoms with van der Waals surface area (Å²) in [6.45, 7) is 5.99. The molecular weight excluding hydrogens is 280 g/mol. The molecule has 0 radical (unpaired) electrons. The second-order valence-corrected chi connectivity index (χ2v) is 6.59. The molecule has 2 N–H and O–H groups in total.